The first-order chi connectivity index (χ1) is 8.97. The molecule has 8 heteroatoms. The Hall–Kier alpha value is -1.99. The Balaban J connectivity index is 2.05. The lowest BCUT2D eigenvalue weighted by Crippen LogP contribution is -2.26. The SMILES string of the molecule is Cn1nccc1C1CCNc2cc(C(F)(F)F)nn21. The van der Waals surface area contributed by atoms with E-state index in [2.05, 4.69) is 15.5 Å². The Morgan fingerprint density at radius 3 is 2.84 bits per heavy atom. The molecule has 1 aliphatic heterocycles. The summed E-state index contributed by atoms with van der Waals surface area (Å²) in [6, 6.07) is 2.62. The maximum Gasteiger partial charge on any atom is 0.435 e. The van der Waals surface area contributed by atoms with Crippen molar-refractivity contribution in [2.75, 3.05) is 11.9 Å². The maximum atomic E-state index is 12.7. The van der Waals surface area contributed by atoms with Crippen molar-refractivity contribution in [1.82, 2.24) is 19.6 Å². The number of halogens is 3. The minimum Gasteiger partial charge on any atom is -0.370 e. The Labute approximate surface area is 107 Å². The van der Waals surface area contributed by atoms with E-state index in [0.29, 0.717) is 18.8 Å². The summed E-state index contributed by atoms with van der Waals surface area (Å²) in [7, 11) is 1.77. The molecule has 0 fully saturated rings. The van der Waals surface area contributed by atoms with Gasteiger partial charge in [0.2, 0.25) is 0 Å². The summed E-state index contributed by atoms with van der Waals surface area (Å²) in [5, 5.41) is 10.7. The molecule has 1 N–H and O–H groups in total. The zero-order valence-corrected chi connectivity index (χ0v) is 10.1. The first kappa shape index (κ1) is 12.1. The van der Waals surface area contributed by atoms with Crippen LogP contribution < -0.4 is 5.32 Å². The van der Waals surface area contributed by atoms with E-state index in [1.807, 2.05) is 0 Å². The van der Waals surface area contributed by atoms with Crippen LogP contribution >= 0.6 is 0 Å². The van der Waals surface area contributed by atoms with Crippen molar-refractivity contribution >= 4 is 5.82 Å². The monoisotopic (exact) mass is 271 g/mol. The van der Waals surface area contributed by atoms with E-state index in [1.165, 1.54) is 4.68 Å². The Morgan fingerprint density at radius 1 is 1.42 bits per heavy atom. The van der Waals surface area contributed by atoms with Gasteiger partial charge in [-0.05, 0) is 12.5 Å². The summed E-state index contributed by atoms with van der Waals surface area (Å²) in [6.45, 7) is 0.610. The molecule has 0 aliphatic carbocycles. The predicted octanol–water partition coefficient (Wildman–Crippen LogP) is 2.04. The number of hydrogen-bond donors (Lipinski definition) is 1. The number of fused-ring (bicyclic) bond motifs is 1. The molecule has 0 aromatic carbocycles. The van der Waals surface area contributed by atoms with Crippen molar-refractivity contribution in [3.63, 3.8) is 0 Å². The third kappa shape index (κ3) is 1.96. The van der Waals surface area contributed by atoms with E-state index < -0.39 is 11.9 Å². The van der Waals surface area contributed by atoms with Crippen LogP contribution in [0.1, 0.15) is 23.9 Å². The molecule has 3 rings (SSSR count). The van der Waals surface area contributed by atoms with Crippen molar-refractivity contribution < 1.29 is 13.2 Å². The fourth-order valence-corrected chi connectivity index (χ4v) is 2.35. The predicted molar refractivity (Wildman–Crippen MR) is 61.7 cm³/mol. The van der Waals surface area contributed by atoms with Crippen LogP contribution in [0.4, 0.5) is 19.0 Å². The van der Waals surface area contributed by atoms with Gasteiger partial charge in [0.25, 0.3) is 0 Å². The van der Waals surface area contributed by atoms with Crippen LogP contribution in [0.15, 0.2) is 18.3 Å². The number of aryl methyl sites for hydroxylation is 1. The zero-order valence-electron chi connectivity index (χ0n) is 10.1. The third-order valence-electron chi connectivity index (χ3n) is 3.25. The van der Waals surface area contributed by atoms with Crippen LogP contribution in [0.2, 0.25) is 0 Å². The van der Waals surface area contributed by atoms with Gasteiger partial charge in [0, 0.05) is 25.9 Å². The second-order valence-electron chi connectivity index (χ2n) is 4.47. The molecular weight excluding hydrogens is 259 g/mol. The van der Waals surface area contributed by atoms with E-state index in [4.69, 9.17) is 0 Å². The molecule has 0 saturated heterocycles. The van der Waals surface area contributed by atoms with Gasteiger partial charge >= 0.3 is 6.18 Å². The largest absolute Gasteiger partial charge is 0.435 e. The molecule has 0 bridgehead atoms. The van der Waals surface area contributed by atoms with Crippen LogP contribution in [0.3, 0.4) is 0 Å². The van der Waals surface area contributed by atoms with Crippen LogP contribution in [0.5, 0.6) is 0 Å². The average molecular weight is 271 g/mol. The summed E-state index contributed by atoms with van der Waals surface area (Å²) in [5.41, 5.74) is -0.0244. The smallest absolute Gasteiger partial charge is 0.370 e. The lowest BCUT2D eigenvalue weighted by molar-refractivity contribution is -0.141. The molecule has 0 saturated carbocycles. The molecule has 0 radical (unpaired) electrons. The van der Waals surface area contributed by atoms with E-state index >= 15 is 0 Å². The molecule has 1 unspecified atom stereocenters. The standard InChI is InChI=1S/C11H12F3N5/c1-18-7(3-5-16-18)8-2-4-15-10-6-9(11(12,13)14)17-19(8)10/h3,5-6,8,15H,2,4H2,1H3. The third-order valence-corrected chi connectivity index (χ3v) is 3.25. The first-order valence-electron chi connectivity index (χ1n) is 5.85. The quantitative estimate of drug-likeness (QED) is 0.863. The van der Waals surface area contributed by atoms with Gasteiger partial charge in [-0.15, -0.1) is 0 Å². The van der Waals surface area contributed by atoms with Crippen LogP contribution in [0.25, 0.3) is 0 Å². The van der Waals surface area contributed by atoms with E-state index in [-0.39, 0.29) is 6.04 Å². The van der Waals surface area contributed by atoms with Crippen molar-refractivity contribution in [2.45, 2.75) is 18.6 Å². The lowest BCUT2D eigenvalue weighted by atomic mass is 10.1. The molecule has 0 spiro atoms. The summed E-state index contributed by atoms with van der Waals surface area (Å²) in [4.78, 5) is 0. The Kier molecular flexibility index (Phi) is 2.54. The molecule has 1 aliphatic rings. The minimum absolute atomic E-state index is 0.222. The lowest BCUT2D eigenvalue weighted by Gasteiger charge is -2.25. The van der Waals surface area contributed by atoms with Crippen molar-refractivity contribution in [2.24, 2.45) is 7.05 Å². The summed E-state index contributed by atoms with van der Waals surface area (Å²) in [5.74, 6) is 0.393. The molecule has 3 heterocycles. The summed E-state index contributed by atoms with van der Waals surface area (Å²) < 4.78 is 41.2. The van der Waals surface area contributed by atoms with Crippen molar-refractivity contribution in [3.8, 4) is 0 Å². The van der Waals surface area contributed by atoms with E-state index in [0.717, 1.165) is 11.8 Å². The van der Waals surface area contributed by atoms with Crippen molar-refractivity contribution in [1.29, 1.82) is 0 Å². The van der Waals surface area contributed by atoms with E-state index in [9.17, 15) is 13.2 Å². The number of hydrogen-bond acceptors (Lipinski definition) is 3. The highest BCUT2D eigenvalue weighted by Crippen LogP contribution is 2.35. The van der Waals surface area contributed by atoms with Gasteiger partial charge in [-0.3, -0.25) is 4.68 Å². The normalized spacial score (nSPS) is 19.1. The van der Waals surface area contributed by atoms with Crippen molar-refractivity contribution in [3.05, 3.63) is 29.7 Å². The van der Waals surface area contributed by atoms with Gasteiger partial charge in [0.15, 0.2) is 5.69 Å². The number of nitrogens with one attached hydrogen (secondary N) is 1. The average Bonchev–Trinajstić information content (AvgIpc) is 2.93. The number of alkyl halides is 3. The first-order valence-corrected chi connectivity index (χ1v) is 5.85. The molecular formula is C11H12F3N5. The number of aromatic nitrogens is 4. The molecule has 19 heavy (non-hydrogen) atoms. The zero-order chi connectivity index (χ0) is 13.6. The second kappa shape index (κ2) is 4.01. The highest BCUT2D eigenvalue weighted by Gasteiger charge is 2.37. The molecule has 2 aromatic rings. The van der Waals surface area contributed by atoms with Crippen LogP contribution in [-0.2, 0) is 13.2 Å². The fourth-order valence-electron chi connectivity index (χ4n) is 2.35. The van der Waals surface area contributed by atoms with E-state index in [1.54, 1.807) is 24.0 Å². The van der Waals surface area contributed by atoms with Gasteiger partial charge in [-0.2, -0.15) is 23.4 Å². The molecule has 1 atom stereocenters. The number of nitrogens with zero attached hydrogens (tertiary/aromatic N) is 4. The van der Waals surface area contributed by atoms with Crippen LogP contribution in [-0.4, -0.2) is 26.1 Å². The topological polar surface area (TPSA) is 47.7 Å². The highest BCUT2D eigenvalue weighted by molar-refractivity contribution is 5.41. The van der Waals surface area contributed by atoms with Gasteiger partial charge in [-0.25, -0.2) is 4.68 Å². The second-order valence-corrected chi connectivity index (χ2v) is 4.47. The van der Waals surface area contributed by atoms with Gasteiger partial charge in [-0.1, -0.05) is 0 Å². The van der Waals surface area contributed by atoms with Gasteiger partial charge in [0.1, 0.15) is 5.82 Å². The Morgan fingerprint density at radius 2 is 2.21 bits per heavy atom. The summed E-state index contributed by atoms with van der Waals surface area (Å²) in [6.07, 6.45) is -2.13. The minimum atomic E-state index is -4.43. The number of rotatable bonds is 1. The molecule has 102 valence electrons. The fraction of sp³-hybridized carbons (Fsp3) is 0.455. The Bertz CT molecular complexity index is 598. The molecule has 2 aromatic heterocycles. The number of anilines is 1. The highest BCUT2D eigenvalue weighted by atomic mass is 19.4. The van der Waals surface area contributed by atoms with Gasteiger partial charge in [0.05, 0.1) is 11.7 Å². The molecule has 0 amide bonds. The maximum absolute atomic E-state index is 12.7. The van der Waals surface area contributed by atoms with Gasteiger partial charge < -0.3 is 5.32 Å². The summed E-state index contributed by atoms with van der Waals surface area (Å²) >= 11 is 0. The molecule has 5 nitrogen and oxygen atoms in total. The van der Waals surface area contributed by atoms with Crippen LogP contribution in [0, 0.1) is 0 Å².